The van der Waals surface area contributed by atoms with E-state index in [0.29, 0.717) is 24.8 Å². The molecule has 3 aromatic heterocycles. The van der Waals surface area contributed by atoms with Gasteiger partial charge in [-0.1, -0.05) is 48.2 Å². The van der Waals surface area contributed by atoms with Gasteiger partial charge in [-0.25, -0.2) is 4.68 Å². The van der Waals surface area contributed by atoms with Gasteiger partial charge >= 0.3 is 0 Å². The maximum atomic E-state index is 13.0. The minimum Gasteiger partial charge on any atom is -0.467 e. The SMILES string of the molecule is O=C(CSc1nnnn1Cc1cccs1)N(Cc1ccccc1)Cc1ccco1. The maximum Gasteiger partial charge on any atom is 0.233 e. The van der Waals surface area contributed by atoms with E-state index in [1.165, 1.54) is 11.8 Å². The summed E-state index contributed by atoms with van der Waals surface area (Å²) >= 11 is 3.00. The average molecular weight is 426 g/mol. The van der Waals surface area contributed by atoms with Gasteiger partial charge in [0, 0.05) is 11.4 Å². The number of benzene rings is 1. The first-order valence-electron chi connectivity index (χ1n) is 9.03. The molecule has 4 aromatic rings. The van der Waals surface area contributed by atoms with Crippen molar-refractivity contribution in [2.75, 3.05) is 5.75 Å². The lowest BCUT2D eigenvalue weighted by molar-refractivity contribution is -0.129. The first-order valence-corrected chi connectivity index (χ1v) is 10.9. The molecule has 7 nitrogen and oxygen atoms in total. The highest BCUT2D eigenvalue weighted by molar-refractivity contribution is 7.99. The van der Waals surface area contributed by atoms with Crippen molar-refractivity contribution in [3.63, 3.8) is 0 Å². The molecular weight excluding hydrogens is 406 g/mol. The molecule has 0 bridgehead atoms. The number of nitrogens with zero attached hydrogens (tertiary/aromatic N) is 5. The number of tetrazole rings is 1. The number of rotatable bonds is 9. The summed E-state index contributed by atoms with van der Waals surface area (Å²) in [4.78, 5) is 15.9. The van der Waals surface area contributed by atoms with Crippen LogP contribution >= 0.6 is 23.1 Å². The van der Waals surface area contributed by atoms with E-state index in [-0.39, 0.29) is 11.7 Å². The molecular formula is C20H19N5O2S2. The summed E-state index contributed by atoms with van der Waals surface area (Å²) in [6.45, 7) is 1.53. The van der Waals surface area contributed by atoms with Gasteiger partial charge in [0.1, 0.15) is 5.76 Å². The summed E-state index contributed by atoms with van der Waals surface area (Å²) in [5.74, 6) is 1.00. The predicted molar refractivity (Wildman–Crippen MR) is 111 cm³/mol. The normalized spacial score (nSPS) is 10.9. The summed E-state index contributed by atoms with van der Waals surface area (Å²) < 4.78 is 7.16. The quantitative estimate of drug-likeness (QED) is 0.381. The number of thiophene rings is 1. The smallest absolute Gasteiger partial charge is 0.233 e. The lowest BCUT2D eigenvalue weighted by atomic mass is 10.2. The van der Waals surface area contributed by atoms with E-state index in [4.69, 9.17) is 4.42 Å². The van der Waals surface area contributed by atoms with Gasteiger partial charge in [-0.3, -0.25) is 4.79 Å². The summed E-state index contributed by atoms with van der Waals surface area (Å²) in [5.41, 5.74) is 1.07. The third kappa shape index (κ3) is 5.33. The van der Waals surface area contributed by atoms with Crippen LogP contribution in [0.3, 0.4) is 0 Å². The monoisotopic (exact) mass is 425 g/mol. The fraction of sp³-hybridized carbons (Fsp3) is 0.200. The van der Waals surface area contributed by atoms with E-state index < -0.39 is 0 Å². The third-order valence-corrected chi connectivity index (χ3v) is 6.01. The zero-order chi connectivity index (χ0) is 19.9. The van der Waals surface area contributed by atoms with Crippen molar-refractivity contribution in [1.82, 2.24) is 25.1 Å². The van der Waals surface area contributed by atoms with Gasteiger partial charge in [0.2, 0.25) is 11.1 Å². The molecule has 4 rings (SSSR count). The fourth-order valence-electron chi connectivity index (χ4n) is 2.79. The molecule has 0 radical (unpaired) electrons. The minimum atomic E-state index is 0.000858. The molecule has 0 atom stereocenters. The number of hydrogen-bond donors (Lipinski definition) is 0. The van der Waals surface area contributed by atoms with E-state index in [9.17, 15) is 4.79 Å². The fourth-order valence-corrected chi connectivity index (χ4v) is 4.26. The molecule has 0 unspecified atom stereocenters. The molecule has 9 heteroatoms. The molecule has 0 spiro atoms. The maximum absolute atomic E-state index is 13.0. The molecule has 0 fully saturated rings. The zero-order valence-corrected chi connectivity index (χ0v) is 17.2. The molecule has 0 aliphatic rings. The van der Waals surface area contributed by atoms with Crippen LogP contribution in [0.15, 0.2) is 75.8 Å². The molecule has 1 amide bonds. The summed E-state index contributed by atoms with van der Waals surface area (Å²) in [6.07, 6.45) is 1.62. The molecule has 0 aliphatic heterocycles. The molecule has 0 aliphatic carbocycles. The third-order valence-electron chi connectivity index (χ3n) is 4.21. The van der Waals surface area contributed by atoms with Crippen LogP contribution in [0.4, 0.5) is 0 Å². The number of furan rings is 1. The molecule has 148 valence electrons. The number of hydrogen-bond acceptors (Lipinski definition) is 7. The average Bonchev–Trinajstić information content (AvgIpc) is 3.51. The first-order chi connectivity index (χ1) is 14.3. The van der Waals surface area contributed by atoms with Crippen LogP contribution in [0.1, 0.15) is 16.2 Å². The van der Waals surface area contributed by atoms with E-state index in [0.717, 1.165) is 16.2 Å². The Kier molecular flexibility index (Phi) is 6.38. The number of carbonyl (C=O) groups is 1. The Bertz CT molecular complexity index is 1020. The van der Waals surface area contributed by atoms with Gasteiger partial charge in [-0.05, 0) is 39.6 Å². The highest BCUT2D eigenvalue weighted by atomic mass is 32.2. The second kappa shape index (κ2) is 9.53. The Morgan fingerprint density at radius 2 is 2.00 bits per heavy atom. The van der Waals surface area contributed by atoms with Crippen LogP contribution in [0, 0.1) is 0 Å². The van der Waals surface area contributed by atoms with Gasteiger partial charge < -0.3 is 9.32 Å². The summed E-state index contributed by atoms with van der Waals surface area (Å²) in [5, 5.41) is 14.5. The summed E-state index contributed by atoms with van der Waals surface area (Å²) in [7, 11) is 0. The van der Waals surface area contributed by atoms with Crippen LogP contribution in [0.5, 0.6) is 0 Å². The van der Waals surface area contributed by atoms with Crippen molar-refractivity contribution < 1.29 is 9.21 Å². The van der Waals surface area contributed by atoms with Gasteiger partial charge in [-0.15, -0.1) is 16.4 Å². The molecule has 0 saturated carbocycles. The van der Waals surface area contributed by atoms with Crippen LogP contribution in [0.25, 0.3) is 0 Å². The highest BCUT2D eigenvalue weighted by Gasteiger charge is 2.18. The number of carbonyl (C=O) groups excluding carboxylic acids is 1. The lowest BCUT2D eigenvalue weighted by Gasteiger charge is -2.21. The number of aromatic nitrogens is 4. The second-order valence-electron chi connectivity index (χ2n) is 6.30. The van der Waals surface area contributed by atoms with Gasteiger partial charge in [-0.2, -0.15) is 0 Å². The van der Waals surface area contributed by atoms with Gasteiger partial charge in [0.25, 0.3) is 0 Å². The van der Waals surface area contributed by atoms with Crippen LogP contribution in [-0.2, 0) is 24.4 Å². The van der Waals surface area contributed by atoms with Crippen molar-refractivity contribution >= 4 is 29.0 Å². The van der Waals surface area contributed by atoms with Gasteiger partial charge in [0.15, 0.2) is 0 Å². The van der Waals surface area contributed by atoms with Crippen LogP contribution in [-0.4, -0.2) is 36.8 Å². The highest BCUT2D eigenvalue weighted by Crippen LogP contribution is 2.19. The molecule has 29 heavy (non-hydrogen) atoms. The number of amides is 1. The Morgan fingerprint density at radius 3 is 2.76 bits per heavy atom. The zero-order valence-electron chi connectivity index (χ0n) is 15.5. The molecule has 0 saturated heterocycles. The van der Waals surface area contributed by atoms with Crippen molar-refractivity contribution in [3.8, 4) is 0 Å². The Morgan fingerprint density at radius 1 is 1.10 bits per heavy atom. The minimum absolute atomic E-state index is 0.000858. The number of thioether (sulfide) groups is 1. The topological polar surface area (TPSA) is 77.1 Å². The Labute approximate surface area is 176 Å². The van der Waals surface area contributed by atoms with Crippen LogP contribution < -0.4 is 0 Å². The lowest BCUT2D eigenvalue weighted by Crippen LogP contribution is -2.31. The predicted octanol–water partition coefficient (Wildman–Crippen LogP) is 3.70. The van der Waals surface area contributed by atoms with E-state index >= 15 is 0 Å². The van der Waals surface area contributed by atoms with Crippen molar-refractivity contribution in [2.45, 2.75) is 24.8 Å². The van der Waals surface area contributed by atoms with E-state index in [2.05, 4.69) is 15.5 Å². The van der Waals surface area contributed by atoms with E-state index in [1.807, 2.05) is 60.0 Å². The van der Waals surface area contributed by atoms with Gasteiger partial charge in [0.05, 0.1) is 25.1 Å². The van der Waals surface area contributed by atoms with E-state index in [1.54, 1.807) is 27.2 Å². The summed E-state index contributed by atoms with van der Waals surface area (Å²) in [6, 6.07) is 17.7. The largest absolute Gasteiger partial charge is 0.467 e. The second-order valence-corrected chi connectivity index (χ2v) is 8.28. The first kappa shape index (κ1) is 19.4. The Hall–Kier alpha value is -2.91. The molecule has 3 heterocycles. The van der Waals surface area contributed by atoms with Crippen LogP contribution in [0.2, 0.25) is 0 Å². The Balaban J connectivity index is 1.42. The molecule has 0 N–H and O–H groups in total. The molecule has 1 aromatic carbocycles. The van der Waals surface area contributed by atoms with Crippen molar-refractivity contribution in [1.29, 1.82) is 0 Å². The van der Waals surface area contributed by atoms with Crippen molar-refractivity contribution in [3.05, 3.63) is 82.4 Å². The standard InChI is InChI=1S/C20H19N5O2S2/c26-19(15-29-20-21-22-23-25(20)14-18-9-5-11-28-18)24(13-17-8-4-10-27-17)12-16-6-2-1-3-7-16/h1-11H,12-15H2. The van der Waals surface area contributed by atoms with Crippen molar-refractivity contribution in [2.24, 2.45) is 0 Å².